The molecule has 0 radical (unpaired) electrons. The molecule has 0 amide bonds. The highest BCUT2D eigenvalue weighted by Gasteiger charge is 2.10. The molecule has 0 atom stereocenters. The Bertz CT molecular complexity index is 272. The molecule has 0 aliphatic carbocycles. The fourth-order valence-electron chi connectivity index (χ4n) is 1.49. The third-order valence-corrected chi connectivity index (χ3v) is 2.17. The van der Waals surface area contributed by atoms with Crippen LogP contribution in [0.25, 0.3) is 0 Å². The van der Waals surface area contributed by atoms with Crippen molar-refractivity contribution in [3.05, 3.63) is 23.9 Å². The molecule has 0 unspecified atom stereocenters. The van der Waals surface area contributed by atoms with Gasteiger partial charge in [-0.1, -0.05) is 6.07 Å². The number of aromatic nitrogens is 1. The summed E-state index contributed by atoms with van der Waals surface area (Å²) in [6.45, 7) is 3.00. The maximum atomic E-state index is 4.35. The van der Waals surface area contributed by atoms with Crippen LogP contribution < -0.4 is 10.2 Å². The Labute approximate surface area is 72.4 Å². The summed E-state index contributed by atoms with van der Waals surface area (Å²) in [4.78, 5) is 6.54. The summed E-state index contributed by atoms with van der Waals surface area (Å²) in [6, 6.07) is 4.11. The Hall–Kier alpha value is -1.09. The van der Waals surface area contributed by atoms with Crippen molar-refractivity contribution in [2.24, 2.45) is 0 Å². The van der Waals surface area contributed by atoms with Crippen molar-refractivity contribution < 1.29 is 0 Å². The van der Waals surface area contributed by atoms with E-state index in [1.807, 2.05) is 12.3 Å². The normalized spacial score (nSPS) is 16.9. The molecule has 1 aliphatic rings. The van der Waals surface area contributed by atoms with E-state index in [1.165, 1.54) is 5.56 Å². The van der Waals surface area contributed by atoms with E-state index in [4.69, 9.17) is 0 Å². The molecule has 0 saturated heterocycles. The summed E-state index contributed by atoms with van der Waals surface area (Å²) < 4.78 is 0. The first-order chi connectivity index (χ1) is 5.88. The van der Waals surface area contributed by atoms with E-state index < -0.39 is 0 Å². The second-order valence-corrected chi connectivity index (χ2v) is 3.08. The molecule has 1 aromatic heterocycles. The largest absolute Gasteiger partial charge is 0.358 e. The van der Waals surface area contributed by atoms with E-state index >= 15 is 0 Å². The Morgan fingerprint density at radius 1 is 1.58 bits per heavy atom. The lowest BCUT2D eigenvalue weighted by Gasteiger charge is -2.16. The molecule has 0 bridgehead atoms. The van der Waals surface area contributed by atoms with E-state index in [9.17, 15) is 0 Å². The number of hydrogen-bond acceptors (Lipinski definition) is 3. The van der Waals surface area contributed by atoms with Crippen LogP contribution in [-0.2, 0) is 6.54 Å². The number of likely N-dealkylation sites (N-methyl/N-ethyl adjacent to an activating group) is 1. The monoisotopic (exact) mass is 163 g/mol. The molecular weight excluding hydrogens is 150 g/mol. The SMILES string of the molecule is CN1CCNCc2cccnc21. The lowest BCUT2D eigenvalue weighted by Crippen LogP contribution is -2.24. The van der Waals surface area contributed by atoms with Crippen molar-refractivity contribution in [1.29, 1.82) is 0 Å². The molecule has 0 spiro atoms. The van der Waals surface area contributed by atoms with E-state index in [1.54, 1.807) is 0 Å². The van der Waals surface area contributed by atoms with Crippen molar-refractivity contribution in [3.8, 4) is 0 Å². The molecule has 1 aliphatic heterocycles. The minimum absolute atomic E-state index is 0.938. The van der Waals surface area contributed by atoms with Gasteiger partial charge in [-0.3, -0.25) is 0 Å². The van der Waals surface area contributed by atoms with Crippen LogP contribution in [0.3, 0.4) is 0 Å². The lowest BCUT2D eigenvalue weighted by molar-refractivity contribution is 0.706. The fourth-order valence-corrected chi connectivity index (χ4v) is 1.49. The molecule has 3 nitrogen and oxygen atoms in total. The second-order valence-electron chi connectivity index (χ2n) is 3.08. The molecule has 1 aromatic rings. The van der Waals surface area contributed by atoms with E-state index in [0.29, 0.717) is 0 Å². The Balaban J connectivity index is 2.39. The lowest BCUT2D eigenvalue weighted by atomic mass is 10.2. The van der Waals surface area contributed by atoms with Gasteiger partial charge in [0.25, 0.3) is 0 Å². The number of fused-ring (bicyclic) bond motifs is 1. The molecule has 64 valence electrons. The quantitative estimate of drug-likeness (QED) is 0.607. The molecular formula is C9H13N3. The standard InChI is InChI=1S/C9H13N3/c1-12-6-5-10-7-8-3-2-4-11-9(8)12/h2-4,10H,5-7H2,1H3. The average molecular weight is 163 g/mol. The first kappa shape index (κ1) is 7.55. The van der Waals surface area contributed by atoms with Gasteiger partial charge in [0.05, 0.1) is 0 Å². The molecule has 3 heteroatoms. The van der Waals surface area contributed by atoms with Gasteiger partial charge in [0.15, 0.2) is 0 Å². The number of nitrogens with zero attached hydrogens (tertiary/aromatic N) is 2. The van der Waals surface area contributed by atoms with Gasteiger partial charge in [-0.2, -0.15) is 0 Å². The molecule has 0 aromatic carbocycles. The zero-order valence-electron chi connectivity index (χ0n) is 7.25. The molecule has 12 heavy (non-hydrogen) atoms. The van der Waals surface area contributed by atoms with E-state index in [-0.39, 0.29) is 0 Å². The van der Waals surface area contributed by atoms with Gasteiger partial charge < -0.3 is 10.2 Å². The maximum absolute atomic E-state index is 4.35. The van der Waals surface area contributed by atoms with Gasteiger partial charge >= 0.3 is 0 Å². The highest BCUT2D eigenvalue weighted by atomic mass is 15.2. The zero-order chi connectivity index (χ0) is 8.39. The minimum atomic E-state index is 0.938. The molecule has 0 saturated carbocycles. The van der Waals surface area contributed by atoms with Crippen molar-refractivity contribution in [3.63, 3.8) is 0 Å². The molecule has 2 heterocycles. The fraction of sp³-hybridized carbons (Fsp3) is 0.444. The summed E-state index contributed by atoms with van der Waals surface area (Å²) in [5.41, 5.74) is 1.29. The van der Waals surface area contributed by atoms with Crippen molar-refractivity contribution in [1.82, 2.24) is 10.3 Å². The zero-order valence-corrected chi connectivity index (χ0v) is 7.25. The summed E-state index contributed by atoms with van der Waals surface area (Å²) in [5.74, 6) is 1.11. The highest BCUT2D eigenvalue weighted by Crippen LogP contribution is 2.16. The number of anilines is 1. The summed E-state index contributed by atoms with van der Waals surface area (Å²) in [6.07, 6.45) is 1.85. The smallest absolute Gasteiger partial charge is 0.132 e. The summed E-state index contributed by atoms with van der Waals surface area (Å²) in [7, 11) is 2.08. The van der Waals surface area contributed by atoms with Crippen LogP contribution >= 0.6 is 0 Å². The van der Waals surface area contributed by atoms with Crippen LogP contribution in [0.15, 0.2) is 18.3 Å². The van der Waals surface area contributed by atoms with Crippen LogP contribution in [0.5, 0.6) is 0 Å². The molecule has 1 N–H and O–H groups in total. The topological polar surface area (TPSA) is 28.2 Å². The van der Waals surface area contributed by atoms with Crippen molar-refractivity contribution >= 4 is 5.82 Å². The van der Waals surface area contributed by atoms with Gasteiger partial charge in [0.2, 0.25) is 0 Å². The van der Waals surface area contributed by atoms with Gasteiger partial charge in [-0.05, 0) is 6.07 Å². The molecule has 0 fully saturated rings. The van der Waals surface area contributed by atoms with Crippen molar-refractivity contribution in [2.75, 3.05) is 25.0 Å². The molecule has 2 rings (SSSR count). The van der Waals surface area contributed by atoms with Gasteiger partial charge in [0, 0.05) is 38.4 Å². The Morgan fingerprint density at radius 3 is 3.42 bits per heavy atom. The maximum Gasteiger partial charge on any atom is 0.132 e. The third-order valence-electron chi connectivity index (χ3n) is 2.17. The number of pyridine rings is 1. The van der Waals surface area contributed by atoms with E-state index in [2.05, 4.69) is 28.3 Å². The number of rotatable bonds is 0. The van der Waals surface area contributed by atoms with Gasteiger partial charge in [-0.15, -0.1) is 0 Å². The minimum Gasteiger partial charge on any atom is -0.358 e. The Kier molecular flexibility index (Phi) is 1.96. The number of nitrogens with one attached hydrogen (secondary N) is 1. The van der Waals surface area contributed by atoms with Crippen LogP contribution in [0, 0.1) is 0 Å². The van der Waals surface area contributed by atoms with Crippen LogP contribution in [-0.4, -0.2) is 25.1 Å². The van der Waals surface area contributed by atoms with Gasteiger partial charge in [-0.25, -0.2) is 4.98 Å². The van der Waals surface area contributed by atoms with Crippen LogP contribution in [0.1, 0.15) is 5.56 Å². The van der Waals surface area contributed by atoms with Crippen LogP contribution in [0.4, 0.5) is 5.82 Å². The summed E-state index contributed by atoms with van der Waals surface area (Å²) >= 11 is 0. The third kappa shape index (κ3) is 1.28. The predicted octanol–water partition coefficient (Wildman–Crippen LogP) is 0.621. The van der Waals surface area contributed by atoms with Gasteiger partial charge in [0.1, 0.15) is 5.82 Å². The number of hydrogen-bond donors (Lipinski definition) is 1. The predicted molar refractivity (Wildman–Crippen MR) is 49.2 cm³/mol. The summed E-state index contributed by atoms with van der Waals surface area (Å²) in [5, 5.41) is 3.35. The second kappa shape index (κ2) is 3.11. The van der Waals surface area contributed by atoms with Crippen molar-refractivity contribution in [2.45, 2.75) is 6.54 Å². The first-order valence-electron chi connectivity index (χ1n) is 4.23. The van der Waals surface area contributed by atoms with Crippen LogP contribution in [0.2, 0.25) is 0 Å². The first-order valence-corrected chi connectivity index (χ1v) is 4.23. The Morgan fingerprint density at radius 2 is 2.50 bits per heavy atom. The average Bonchev–Trinajstić information content (AvgIpc) is 2.29. The van der Waals surface area contributed by atoms with E-state index in [0.717, 1.165) is 25.5 Å². The highest BCUT2D eigenvalue weighted by molar-refractivity contribution is 5.46.